The molecule has 88 valence electrons. The molecule has 0 spiro atoms. The molecule has 0 unspecified atom stereocenters. The maximum absolute atomic E-state index is 5.53. The Labute approximate surface area is 104 Å². The molecule has 1 aromatic carbocycles. The monoisotopic (exact) mass is 225 g/mol. The highest BCUT2D eigenvalue weighted by molar-refractivity contribution is 5.60. The number of terminal acetylenes is 1. The molecule has 0 bridgehead atoms. The highest BCUT2D eigenvalue weighted by Crippen LogP contribution is 2.19. The van der Waals surface area contributed by atoms with E-state index in [0.29, 0.717) is 0 Å². The number of hydrogen-bond acceptors (Lipinski definition) is 1. The minimum Gasteiger partial charge on any atom is -0.363 e. The van der Waals surface area contributed by atoms with Crippen molar-refractivity contribution in [3.63, 3.8) is 0 Å². The quantitative estimate of drug-likeness (QED) is 0.546. The summed E-state index contributed by atoms with van der Waals surface area (Å²) in [5, 5.41) is 0. The lowest BCUT2D eigenvalue weighted by Gasteiger charge is -2.23. The molecule has 1 aromatic rings. The van der Waals surface area contributed by atoms with Crippen LogP contribution in [0.5, 0.6) is 0 Å². The molecule has 1 nitrogen and oxygen atoms in total. The Balaban J connectivity index is 2.99. The molecule has 0 saturated carbocycles. The maximum atomic E-state index is 5.53. The van der Waals surface area contributed by atoms with E-state index in [9.17, 15) is 0 Å². The van der Waals surface area contributed by atoms with Crippen molar-refractivity contribution in [3.8, 4) is 12.3 Å². The third-order valence-corrected chi connectivity index (χ3v) is 2.52. The summed E-state index contributed by atoms with van der Waals surface area (Å²) >= 11 is 0. The molecule has 0 fully saturated rings. The zero-order valence-corrected chi connectivity index (χ0v) is 10.6. The molecule has 0 saturated heterocycles. The Bertz CT molecular complexity index is 421. The minimum atomic E-state index is 0.875. The van der Waals surface area contributed by atoms with E-state index in [1.807, 2.05) is 32.0 Å². The zero-order valence-electron chi connectivity index (χ0n) is 10.6. The molecule has 0 atom stereocenters. The number of rotatable bonds is 5. The smallest absolute Gasteiger partial charge is 0.0530 e. The van der Waals surface area contributed by atoms with Gasteiger partial charge in [-0.25, -0.2) is 0 Å². The van der Waals surface area contributed by atoms with Crippen molar-refractivity contribution >= 4 is 5.69 Å². The number of benzene rings is 1. The molecule has 0 N–H and O–H groups in total. The normalized spacial score (nSPS) is 10.9. The van der Waals surface area contributed by atoms with E-state index in [1.54, 1.807) is 0 Å². The largest absolute Gasteiger partial charge is 0.363 e. The van der Waals surface area contributed by atoms with Crippen LogP contribution in [-0.2, 0) is 0 Å². The van der Waals surface area contributed by atoms with Gasteiger partial charge in [-0.1, -0.05) is 42.4 Å². The van der Waals surface area contributed by atoms with Gasteiger partial charge in [0.25, 0.3) is 0 Å². The summed E-state index contributed by atoms with van der Waals surface area (Å²) in [6.07, 6.45) is 13.9. The molecule has 0 amide bonds. The first kappa shape index (κ1) is 13.1. The fraction of sp³-hybridized carbons (Fsp3) is 0.250. The summed E-state index contributed by atoms with van der Waals surface area (Å²) in [4.78, 5) is 2.26. The summed E-state index contributed by atoms with van der Waals surface area (Å²) in [7, 11) is 0. The van der Waals surface area contributed by atoms with Gasteiger partial charge in [-0.3, -0.25) is 0 Å². The molecule has 0 aliphatic heterocycles. The van der Waals surface area contributed by atoms with Gasteiger partial charge in [0.05, 0.1) is 5.69 Å². The predicted molar refractivity (Wildman–Crippen MR) is 76.2 cm³/mol. The average molecular weight is 225 g/mol. The Morgan fingerprint density at radius 1 is 1.12 bits per heavy atom. The number of nitrogens with zero attached hydrogens (tertiary/aromatic N) is 1. The number of hydrogen-bond donors (Lipinski definition) is 0. The van der Waals surface area contributed by atoms with Gasteiger partial charge in [0.15, 0.2) is 0 Å². The van der Waals surface area contributed by atoms with Gasteiger partial charge in [0.2, 0.25) is 0 Å². The van der Waals surface area contributed by atoms with Crippen molar-refractivity contribution in [2.75, 3.05) is 18.0 Å². The molecular formula is C16H19N. The van der Waals surface area contributed by atoms with Gasteiger partial charge < -0.3 is 4.90 Å². The van der Waals surface area contributed by atoms with E-state index in [-0.39, 0.29) is 0 Å². The van der Waals surface area contributed by atoms with E-state index in [1.165, 1.54) is 0 Å². The van der Waals surface area contributed by atoms with Crippen molar-refractivity contribution in [1.82, 2.24) is 0 Å². The number of para-hydroxylation sites is 1. The Kier molecular flexibility index (Phi) is 5.68. The van der Waals surface area contributed by atoms with Crippen molar-refractivity contribution in [1.29, 1.82) is 0 Å². The third-order valence-electron chi connectivity index (χ3n) is 2.52. The van der Waals surface area contributed by atoms with E-state index >= 15 is 0 Å². The number of anilines is 1. The van der Waals surface area contributed by atoms with Gasteiger partial charge in [-0.15, -0.1) is 6.42 Å². The summed E-state index contributed by atoms with van der Waals surface area (Å²) in [5.41, 5.74) is 2.06. The molecule has 17 heavy (non-hydrogen) atoms. The Morgan fingerprint density at radius 3 is 2.24 bits per heavy atom. The lowest BCUT2D eigenvalue weighted by molar-refractivity contribution is 0.949. The SMILES string of the molecule is C#Cc1ccccc1N(C/C=C/C)C/C=C/C. The highest BCUT2D eigenvalue weighted by atomic mass is 15.1. The molecule has 0 radical (unpaired) electrons. The van der Waals surface area contributed by atoms with Gasteiger partial charge in [0.1, 0.15) is 0 Å². The first-order valence-electron chi connectivity index (χ1n) is 5.86. The molecular weight excluding hydrogens is 206 g/mol. The van der Waals surface area contributed by atoms with E-state index in [4.69, 9.17) is 6.42 Å². The fourth-order valence-electron chi connectivity index (χ4n) is 1.61. The fourth-order valence-corrected chi connectivity index (χ4v) is 1.61. The molecule has 0 aliphatic rings. The second-order valence-electron chi connectivity index (χ2n) is 3.70. The molecule has 0 aliphatic carbocycles. The average Bonchev–Trinajstić information content (AvgIpc) is 2.39. The van der Waals surface area contributed by atoms with Gasteiger partial charge in [-0.2, -0.15) is 0 Å². The van der Waals surface area contributed by atoms with Crippen LogP contribution in [0.1, 0.15) is 19.4 Å². The van der Waals surface area contributed by atoms with Crippen LogP contribution in [-0.4, -0.2) is 13.1 Å². The Hall–Kier alpha value is -1.94. The van der Waals surface area contributed by atoms with Gasteiger partial charge >= 0.3 is 0 Å². The van der Waals surface area contributed by atoms with E-state index in [0.717, 1.165) is 24.3 Å². The second-order valence-corrected chi connectivity index (χ2v) is 3.70. The number of allylic oxidation sites excluding steroid dienone is 2. The van der Waals surface area contributed by atoms with Crippen LogP contribution < -0.4 is 4.90 Å². The topological polar surface area (TPSA) is 3.24 Å². The molecule has 0 aromatic heterocycles. The molecule has 1 heteroatoms. The lowest BCUT2D eigenvalue weighted by atomic mass is 10.1. The van der Waals surface area contributed by atoms with Crippen LogP contribution in [0.3, 0.4) is 0 Å². The Morgan fingerprint density at radius 2 is 1.71 bits per heavy atom. The second kappa shape index (κ2) is 7.35. The van der Waals surface area contributed by atoms with E-state index < -0.39 is 0 Å². The lowest BCUT2D eigenvalue weighted by Crippen LogP contribution is -2.24. The summed E-state index contributed by atoms with van der Waals surface area (Å²) < 4.78 is 0. The van der Waals surface area contributed by atoms with Gasteiger partial charge in [-0.05, 0) is 26.0 Å². The first-order chi connectivity index (χ1) is 8.33. The standard InChI is InChI=1S/C16H19N/c1-4-7-13-17(14-8-5-2)16-12-10-9-11-15(16)6-3/h3-5,7-12H,13-14H2,1-2H3/b7-4+,8-5+. The van der Waals surface area contributed by atoms with Crippen LogP contribution in [0.25, 0.3) is 0 Å². The minimum absolute atomic E-state index is 0.875. The van der Waals surface area contributed by atoms with Crippen LogP contribution in [0.2, 0.25) is 0 Å². The summed E-state index contributed by atoms with van der Waals surface area (Å²) in [6.45, 7) is 5.81. The predicted octanol–water partition coefficient (Wildman–Crippen LogP) is 3.63. The van der Waals surface area contributed by atoms with Crippen molar-refractivity contribution in [2.45, 2.75) is 13.8 Å². The summed E-state index contributed by atoms with van der Waals surface area (Å²) in [6, 6.07) is 8.05. The van der Waals surface area contributed by atoms with E-state index in [2.05, 4.69) is 41.2 Å². The van der Waals surface area contributed by atoms with Crippen LogP contribution in [0.15, 0.2) is 48.6 Å². The zero-order chi connectivity index (χ0) is 12.5. The van der Waals surface area contributed by atoms with Gasteiger partial charge in [0, 0.05) is 18.7 Å². The van der Waals surface area contributed by atoms with Crippen molar-refractivity contribution in [2.24, 2.45) is 0 Å². The highest BCUT2D eigenvalue weighted by Gasteiger charge is 2.06. The van der Waals surface area contributed by atoms with Crippen LogP contribution in [0, 0.1) is 12.3 Å². The van der Waals surface area contributed by atoms with Crippen LogP contribution >= 0.6 is 0 Å². The third kappa shape index (κ3) is 3.85. The molecule has 1 rings (SSSR count). The van der Waals surface area contributed by atoms with Crippen LogP contribution in [0.4, 0.5) is 5.69 Å². The summed E-state index contributed by atoms with van der Waals surface area (Å²) in [5.74, 6) is 2.74. The first-order valence-corrected chi connectivity index (χ1v) is 5.86. The van der Waals surface area contributed by atoms with Crippen molar-refractivity contribution in [3.05, 3.63) is 54.1 Å². The molecule has 0 heterocycles. The maximum Gasteiger partial charge on any atom is 0.0530 e. The van der Waals surface area contributed by atoms with Crippen molar-refractivity contribution < 1.29 is 0 Å².